The van der Waals surface area contributed by atoms with E-state index < -0.39 is 0 Å². The summed E-state index contributed by atoms with van der Waals surface area (Å²) in [6.07, 6.45) is 2.62. The lowest BCUT2D eigenvalue weighted by Crippen LogP contribution is -2.03. The second-order valence-electron chi connectivity index (χ2n) is 5.38. The molecule has 3 N–H and O–H groups in total. The molecular formula is C15H18BrN3O2. The Kier molecular flexibility index (Phi) is 3.80. The van der Waals surface area contributed by atoms with Gasteiger partial charge in [0.25, 0.3) is 0 Å². The fraction of sp³-hybridized carbons (Fsp3) is 0.400. The lowest BCUT2D eigenvalue weighted by molar-refractivity contribution is 0.296. The van der Waals surface area contributed by atoms with Crippen LogP contribution in [0.3, 0.4) is 0 Å². The number of ether oxygens (including phenoxy) is 2. The molecule has 0 unspecified atom stereocenters. The van der Waals surface area contributed by atoms with Crippen molar-refractivity contribution in [1.82, 2.24) is 10.2 Å². The molecule has 1 aliphatic rings. The number of hydrogen-bond acceptors (Lipinski definition) is 4. The molecule has 6 heteroatoms. The molecule has 0 radical (unpaired) electrons. The zero-order chi connectivity index (χ0) is 15.0. The van der Waals surface area contributed by atoms with E-state index >= 15 is 0 Å². The number of anilines is 1. The lowest BCUT2D eigenvalue weighted by Gasteiger charge is -2.20. The van der Waals surface area contributed by atoms with Crippen LogP contribution in [0, 0.1) is 0 Å². The Morgan fingerprint density at radius 2 is 2.10 bits per heavy atom. The number of aromatic nitrogens is 2. The summed E-state index contributed by atoms with van der Waals surface area (Å²) in [5.74, 6) is 2.42. The van der Waals surface area contributed by atoms with Gasteiger partial charge in [0.05, 0.1) is 19.4 Å². The minimum Gasteiger partial charge on any atom is -0.490 e. The van der Waals surface area contributed by atoms with Crippen LogP contribution < -0.4 is 15.2 Å². The largest absolute Gasteiger partial charge is 0.490 e. The molecule has 1 aromatic heterocycles. The van der Waals surface area contributed by atoms with E-state index in [0.717, 1.165) is 39.1 Å². The van der Waals surface area contributed by atoms with Crippen LogP contribution in [-0.2, 0) is 0 Å². The number of fused-ring (bicyclic) bond motifs is 1. The predicted molar refractivity (Wildman–Crippen MR) is 85.8 cm³/mol. The first kappa shape index (κ1) is 14.3. The predicted octanol–water partition coefficient (Wildman–Crippen LogP) is 3.71. The molecule has 5 nitrogen and oxygen atoms in total. The molecule has 2 aromatic rings. The first-order valence-corrected chi connectivity index (χ1v) is 7.80. The molecule has 0 saturated carbocycles. The minimum absolute atomic E-state index is 0.266. The highest BCUT2D eigenvalue weighted by atomic mass is 79.9. The van der Waals surface area contributed by atoms with Crippen LogP contribution in [0.15, 0.2) is 16.7 Å². The molecule has 1 aromatic carbocycles. The van der Waals surface area contributed by atoms with Crippen LogP contribution in [-0.4, -0.2) is 23.4 Å². The average molecular weight is 352 g/mol. The van der Waals surface area contributed by atoms with Gasteiger partial charge in [0.1, 0.15) is 5.82 Å². The summed E-state index contributed by atoms with van der Waals surface area (Å²) in [5.41, 5.74) is 8.99. The molecule has 0 amide bonds. The molecule has 21 heavy (non-hydrogen) atoms. The molecule has 0 spiro atoms. The number of nitrogens with two attached hydrogens (primary N) is 1. The SMILES string of the molecule is CC(C)c1c2c(cc(Br)c1-c1cn[nH]c1N)OCCCO2. The molecule has 1 aliphatic heterocycles. The van der Waals surface area contributed by atoms with Crippen LogP contribution in [0.5, 0.6) is 11.5 Å². The van der Waals surface area contributed by atoms with Crippen molar-refractivity contribution in [2.24, 2.45) is 0 Å². The van der Waals surface area contributed by atoms with Crippen molar-refractivity contribution >= 4 is 21.7 Å². The van der Waals surface area contributed by atoms with Crippen molar-refractivity contribution in [1.29, 1.82) is 0 Å². The maximum absolute atomic E-state index is 6.01. The Morgan fingerprint density at radius 3 is 2.76 bits per heavy atom. The number of halogens is 1. The third kappa shape index (κ3) is 2.48. The third-order valence-corrected chi connectivity index (χ3v) is 4.17. The highest BCUT2D eigenvalue weighted by Crippen LogP contribution is 2.48. The summed E-state index contributed by atoms with van der Waals surface area (Å²) >= 11 is 3.64. The Hall–Kier alpha value is -1.69. The smallest absolute Gasteiger partial charge is 0.165 e. The summed E-state index contributed by atoms with van der Waals surface area (Å²) < 4.78 is 12.7. The normalized spacial score (nSPS) is 14.3. The molecule has 0 bridgehead atoms. The lowest BCUT2D eigenvalue weighted by atomic mass is 9.92. The van der Waals surface area contributed by atoms with Gasteiger partial charge in [-0.05, 0) is 27.9 Å². The quantitative estimate of drug-likeness (QED) is 0.864. The standard InChI is InChI=1S/C15H18BrN3O2/c1-8(2)12-13(9-7-18-19-15(9)17)10(16)6-11-14(12)21-5-3-4-20-11/h6-8H,3-5H2,1-2H3,(H3,17,18,19). The van der Waals surface area contributed by atoms with E-state index in [4.69, 9.17) is 15.2 Å². The van der Waals surface area contributed by atoms with E-state index in [1.165, 1.54) is 0 Å². The zero-order valence-electron chi connectivity index (χ0n) is 12.1. The number of nitrogen functional groups attached to an aromatic ring is 1. The number of H-pyrrole nitrogens is 1. The van der Waals surface area contributed by atoms with E-state index in [2.05, 4.69) is 40.0 Å². The van der Waals surface area contributed by atoms with Gasteiger partial charge in [-0.1, -0.05) is 13.8 Å². The molecule has 2 heterocycles. The van der Waals surface area contributed by atoms with Gasteiger partial charge in [0.15, 0.2) is 11.5 Å². The number of aromatic amines is 1. The van der Waals surface area contributed by atoms with E-state index in [1.807, 2.05) is 6.07 Å². The van der Waals surface area contributed by atoms with Gasteiger partial charge < -0.3 is 15.2 Å². The summed E-state index contributed by atoms with van der Waals surface area (Å²) in [7, 11) is 0. The fourth-order valence-corrected chi connectivity index (χ4v) is 3.25. The summed E-state index contributed by atoms with van der Waals surface area (Å²) in [6, 6.07) is 1.95. The van der Waals surface area contributed by atoms with E-state index in [1.54, 1.807) is 6.20 Å². The Labute approximate surface area is 132 Å². The minimum atomic E-state index is 0.266. The maximum atomic E-state index is 6.01. The van der Waals surface area contributed by atoms with Crippen molar-refractivity contribution in [2.45, 2.75) is 26.2 Å². The van der Waals surface area contributed by atoms with Crippen molar-refractivity contribution in [3.8, 4) is 22.6 Å². The van der Waals surface area contributed by atoms with E-state index in [0.29, 0.717) is 19.0 Å². The van der Waals surface area contributed by atoms with Gasteiger partial charge in [-0.15, -0.1) is 0 Å². The monoisotopic (exact) mass is 351 g/mol. The fourth-order valence-electron chi connectivity index (χ4n) is 2.62. The van der Waals surface area contributed by atoms with E-state index in [-0.39, 0.29) is 5.92 Å². The molecule has 0 atom stereocenters. The van der Waals surface area contributed by atoms with Gasteiger partial charge in [-0.3, -0.25) is 5.10 Å². The summed E-state index contributed by atoms with van der Waals surface area (Å²) in [5, 5.41) is 6.82. The van der Waals surface area contributed by atoms with Gasteiger partial charge in [-0.2, -0.15) is 5.10 Å². The second-order valence-corrected chi connectivity index (χ2v) is 6.23. The van der Waals surface area contributed by atoms with Crippen molar-refractivity contribution in [3.63, 3.8) is 0 Å². The molecule has 0 aliphatic carbocycles. The van der Waals surface area contributed by atoms with Gasteiger partial charge in [0.2, 0.25) is 0 Å². The molecular weight excluding hydrogens is 334 g/mol. The van der Waals surface area contributed by atoms with Crippen molar-refractivity contribution in [3.05, 3.63) is 22.3 Å². The number of nitrogens with one attached hydrogen (secondary N) is 1. The Morgan fingerprint density at radius 1 is 1.33 bits per heavy atom. The maximum Gasteiger partial charge on any atom is 0.165 e. The van der Waals surface area contributed by atoms with E-state index in [9.17, 15) is 0 Å². The van der Waals surface area contributed by atoms with Crippen LogP contribution >= 0.6 is 15.9 Å². The van der Waals surface area contributed by atoms with Gasteiger partial charge in [0, 0.05) is 27.6 Å². The molecule has 3 rings (SSSR count). The Bertz CT molecular complexity index is 667. The van der Waals surface area contributed by atoms with Crippen molar-refractivity contribution in [2.75, 3.05) is 18.9 Å². The zero-order valence-corrected chi connectivity index (χ0v) is 13.7. The first-order valence-electron chi connectivity index (χ1n) is 7.00. The number of nitrogens with zero attached hydrogens (tertiary/aromatic N) is 1. The van der Waals surface area contributed by atoms with Gasteiger partial charge >= 0.3 is 0 Å². The molecule has 0 saturated heterocycles. The third-order valence-electron chi connectivity index (χ3n) is 3.54. The number of benzene rings is 1. The summed E-state index contributed by atoms with van der Waals surface area (Å²) in [4.78, 5) is 0. The second kappa shape index (κ2) is 5.60. The number of hydrogen-bond donors (Lipinski definition) is 2. The molecule has 0 fully saturated rings. The number of rotatable bonds is 2. The van der Waals surface area contributed by atoms with Crippen LogP contribution in [0.2, 0.25) is 0 Å². The van der Waals surface area contributed by atoms with Crippen LogP contribution in [0.4, 0.5) is 5.82 Å². The van der Waals surface area contributed by atoms with Crippen LogP contribution in [0.25, 0.3) is 11.1 Å². The summed E-state index contributed by atoms with van der Waals surface area (Å²) in [6.45, 7) is 5.60. The molecule has 112 valence electrons. The Balaban J connectivity index is 2.29. The highest BCUT2D eigenvalue weighted by Gasteiger charge is 2.25. The highest BCUT2D eigenvalue weighted by molar-refractivity contribution is 9.10. The van der Waals surface area contributed by atoms with Crippen LogP contribution in [0.1, 0.15) is 31.7 Å². The first-order chi connectivity index (χ1) is 10.1. The van der Waals surface area contributed by atoms with Gasteiger partial charge in [-0.25, -0.2) is 0 Å². The topological polar surface area (TPSA) is 73.2 Å². The van der Waals surface area contributed by atoms with Crippen molar-refractivity contribution < 1.29 is 9.47 Å². The average Bonchev–Trinajstić information content (AvgIpc) is 2.71.